The molecule has 2 aromatic carbocycles. The molecule has 7 heteroatoms. The van der Waals surface area contributed by atoms with E-state index in [1.165, 1.54) is 12.8 Å². The van der Waals surface area contributed by atoms with Crippen molar-refractivity contribution in [1.82, 2.24) is 15.0 Å². The molecular formula is C28H28N6O. The van der Waals surface area contributed by atoms with Crippen molar-refractivity contribution in [3.05, 3.63) is 67.1 Å². The lowest BCUT2D eigenvalue weighted by Gasteiger charge is -2.43. The van der Waals surface area contributed by atoms with Crippen molar-refractivity contribution in [3.8, 4) is 11.3 Å². The average molecular weight is 465 g/mol. The number of nitrogens with one attached hydrogen (secondary N) is 1. The van der Waals surface area contributed by atoms with Crippen LogP contribution in [0.1, 0.15) is 32.6 Å². The van der Waals surface area contributed by atoms with Crippen LogP contribution in [0.15, 0.2) is 67.1 Å². The first kappa shape index (κ1) is 21.5. The minimum atomic E-state index is -0.177. The predicted molar refractivity (Wildman–Crippen MR) is 140 cm³/mol. The highest BCUT2D eigenvalue weighted by atomic mass is 16.2. The molecule has 0 unspecified atom stereocenters. The summed E-state index contributed by atoms with van der Waals surface area (Å²) in [5, 5.41) is 5.57. The Hall–Kier alpha value is -4.00. The number of nitrogens with zero attached hydrogens (tertiary/aromatic N) is 5. The fourth-order valence-electron chi connectivity index (χ4n) is 5.53. The number of anilines is 4. The molecule has 176 valence electrons. The molecule has 1 saturated carbocycles. The number of pyridine rings is 1. The van der Waals surface area contributed by atoms with Gasteiger partial charge in [0, 0.05) is 48.3 Å². The van der Waals surface area contributed by atoms with Crippen LogP contribution in [0.5, 0.6) is 0 Å². The molecule has 6 rings (SSSR count). The SMILES string of the molecule is C[C@@H]1C(=O)N(C)c2ccc(Nc3nccc(-c4cncc5ccccc45)n3)cc2N1C1CCCC1. The van der Waals surface area contributed by atoms with Crippen LogP contribution < -0.4 is 15.1 Å². The molecule has 35 heavy (non-hydrogen) atoms. The van der Waals surface area contributed by atoms with E-state index in [-0.39, 0.29) is 11.9 Å². The number of rotatable bonds is 4. The lowest BCUT2D eigenvalue weighted by molar-refractivity contribution is -0.119. The van der Waals surface area contributed by atoms with Crippen LogP contribution in [0.3, 0.4) is 0 Å². The molecule has 0 bridgehead atoms. The summed E-state index contributed by atoms with van der Waals surface area (Å²) in [5.74, 6) is 0.668. The fourth-order valence-corrected chi connectivity index (χ4v) is 5.53. The van der Waals surface area contributed by atoms with Crippen LogP contribution in [-0.2, 0) is 4.79 Å². The lowest BCUT2D eigenvalue weighted by Crippen LogP contribution is -2.54. The highest BCUT2D eigenvalue weighted by molar-refractivity contribution is 6.05. The van der Waals surface area contributed by atoms with E-state index in [1.807, 2.05) is 56.7 Å². The molecule has 1 atom stereocenters. The molecule has 1 amide bonds. The van der Waals surface area contributed by atoms with E-state index in [1.54, 1.807) is 11.1 Å². The third-order valence-electron chi connectivity index (χ3n) is 7.29. The molecule has 7 nitrogen and oxygen atoms in total. The summed E-state index contributed by atoms with van der Waals surface area (Å²) in [5.41, 5.74) is 4.72. The van der Waals surface area contributed by atoms with E-state index >= 15 is 0 Å². The van der Waals surface area contributed by atoms with Gasteiger partial charge in [-0.3, -0.25) is 9.78 Å². The third-order valence-corrected chi connectivity index (χ3v) is 7.29. The van der Waals surface area contributed by atoms with E-state index in [0.29, 0.717) is 12.0 Å². The second-order valence-electron chi connectivity index (χ2n) is 9.42. The Balaban J connectivity index is 1.35. The zero-order chi connectivity index (χ0) is 23.9. The summed E-state index contributed by atoms with van der Waals surface area (Å²) in [6.45, 7) is 2.02. The number of carbonyl (C=O) groups excluding carboxylic acids is 1. The molecular weight excluding hydrogens is 436 g/mol. The zero-order valence-corrected chi connectivity index (χ0v) is 20.0. The standard InChI is InChI=1S/C28H28N6O/c1-18-27(35)33(2)25-12-11-20(15-26(25)34(18)21-8-4-5-9-21)31-28-30-14-13-24(32-28)23-17-29-16-19-7-3-6-10-22(19)23/h3,6-7,10-18,21H,4-5,8-9H2,1-2H3,(H,30,31,32)/t18-/m1/s1. The van der Waals surface area contributed by atoms with Gasteiger partial charge in [-0.2, -0.15) is 0 Å². The van der Waals surface area contributed by atoms with Crippen LogP contribution in [-0.4, -0.2) is 40.0 Å². The van der Waals surface area contributed by atoms with E-state index in [9.17, 15) is 4.79 Å². The van der Waals surface area contributed by atoms with Gasteiger partial charge >= 0.3 is 0 Å². The number of carbonyl (C=O) groups is 1. The summed E-state index contributed by atoms with van der Waals surface area (Å²) < 4.78 is 0. The minimum absolute atomic E-state index is 0.143. The Bertz CT molecular complexity index is 1410. The second-order valence-corrected chi connectivity index (χ2v) is 9.42. The fraction of sp³-hybridized carbons (Fsp3) is 0.286. The van der Waals surface area contributed by atoms with Gasteiger partial charge in [0.25, 0.3) is 0 Å². The first-order valence-corrected chi connectivity index (χ1v) is 12.2. The van der Waals surface area contributed by atoms with Gasteiger partial charge in [0.2, 0.25) is 11.9 Å². The number of likely N-dealkylation sites (N-methyl/N-ethyl adjacent to an activating group) is 1. The maximum Gasteiger partial charge on any atom is 0.249 e. The van der Waals surface area contributed by atoms with E-state index in [2.05, 4.69) is 38.4 Å². The van der Waals surface area contributed by atoms with Crippen LogP contribution in [0, 0.1) is 0 Å². The number of hydrogen-bond acceptors (Lipinski definition) is 6. The van der Waals surface area contributed by atoms with Gasteiger partial charge in [0.15, 0.2) is 0 Å². The van der Waals surface area contributed by atoms with Crippen LogP contribution in [0.25, 0.3) is 22.0 Å². The van der Waals surface area contributed by atoms with Gasteiger partial charge in [0.05, 0.1) is 17.1 Å². The van der Waals surface area contributed by atoms with E-state index < -0.39 is 0 Å². The molecule has 2 aromatic heterocycles. The van der Waals surface area contributed by atoms with Crippen molar-refractivity contribution in [2.45, 2.75) is 44.7 Å². The number of fused-ring (bicyclic) bond motifs is 2. The Kier molecular flexibility index (Phi) is 5.32. The number of aromatic nitrogens is 3. The normalized spacial score (nSPS) is 18.2. The summed E-state index contributed by atoms with van der Waals surface area (Å²) in [7, 11) is 1.86. The molecule has 3 heterocycles. The Labute approximate surface area is 204 Å². The van der Waals surface area contributed by atoms with Gasteiger partial charge in [-0.05, 0) is 49.4 Å². The third kappa shape index (κ3) is 3.77. The summed E-state index contributed by atoms with van der Waals surface area (Å²) >= 11 is 0. The Morgan fingerprint density at radius 3 is 2.69 bits per heavy atom. The van der Waals surface area contributed by atoms with Gasteiger partial charge in [-0.25, -0.2) is 9.97 Å². The predicted octanol–water partition coefficient (Wildman–Crippen LogP) is 5.55. The van der Waals surface area contributed by atoms with Crippen LogP contribution in [0.2, 0.25) is 0 Å². The first-order chi connectivity index (χ1) is 17.1. The van der Waals surface area contributed by atoms with Gasteiger partial charge in [-0.15, -0.1) is 0 Å². The Morgan fingerprint density at radius 1 is 1.00 bits per heavy atom. The molecule has 0 spiro atoms. The van der Waals surface area contributed by atoms with Crippen molar-refractivity contribution in [1.29, 1.82) is 0 Å². The van der Waals surface area contributed by atoms with Crippen molar-refractivity contribution in [3.63, 3.8) is 0 Å². The monoisotopic (exact) mass is 464 g/mol. The van der Waals surface area contributed by atoms with Gasteiger partial charge < -0.3 is 15.1 Å². The average Bonchev–Trinajstić information content (AvgIpc) is 3.42. The smallest absolute Gasteiger partial charge is 0.249 e. The van der Waals surface area contributed by atoms with Gasteiger partial charge in [-0.1, -0.05) is 37.1 Å². The number of amides is 1. The van der Waals surface area contributed by atoms with Crippen LogP contribution >= 0.6 is 0 Å². The number of benzene rings is 2. The second kappa shape index (κ2) is 8.65. The largest absolute Gasteiger partial charge is 0.355 e. The lowest BCUT2D eigenvalue weighted by atomic mass is 10.0. The van der Waals surface area contributed by atoms with Crippen molar-refractivity contribution >= 4 is 39.7 Å². The van der Waals surface area contributed by atoms with Gasteiger partial charge in [0.1, 0.15) is 6.04 Å². The van der Waals surface area contributed by atoms with Crippen molar-refractivity contribution in [2.24, 2.45) is 0 Å². The van der Waals surface area contributed by atoms with E-state index in [0.717, 1.165) is 51.9 Å². The maximum absolute atomic E-state index is 12.9. The molecule has 4 aromatic rings. The highest BCUT2D eigenvalue weighted by Crippen LogP contribution is 2.42. The molecule has 1 fully saturated rings. The maximum atomic E-state index is 12.9. The molecule has 0 saturated heterocycles. The first-order valence-electron chi connectivity index (χ1n) is 12.2. The Morgan fingerprint density at radius 2 is 1.83 bits per heavy atom. The topological polar surface area (TPSA) is 74.2 Å². The highest BCUT2D eigenvalue weighted by Gasteiger charge is 2.38. The number of hydrogen-bond donors (Lipinski definition) is 1. The molecule has 2 aliphatic rings. The molecule has 0 radical (unpaired) electrons. The minimum Gasteiger partial charge on any atom is -0.355 e. The zero-order valence-electron chi connectivity index (χ0n) is 20.0. The summed E-state index contributed by atoms with van der Waals surface area (Å²) in [6, 6.07) is 16.4. The van der Waals surface area contributed by atoms with Crippen LogP contribution in [0.4, 0.5) is 23.0 Å². The molecule has 1 aliphatic carbocycles. The van der Waals surface area contributed by atoms with Crippen molar-refractivity contribution in [2.75, 3.05) is 22.2 Å². The summed E-state index contributed by atoms with van der Waals surface area (Å²) in [4.78, 5) is 30.7. The quantitative estimate of drug-likeness (QED) is 0.427. The summed E-state index contributed by atoms with van der Waals surface area (Å²) in [6.07, 6.45) is 10.2. The van der Waals surface area contributed by atoms with E-state index in [4.69, 9.17) is 4.98 Å². The molecule has 1 aliphatic heterocycles. The van der Waals surface area contributed by atoms with Crippen molar-refractivity contribution < 1.29 is 4.79 Å². The molecule has 1 N–H and O–H groups in total.